The van der Waals surface area contributed by atoms with Gasteiger partial charge in [-0.3, -0.25) is 0 Å². The molecule has 0 saturated heterocycles. The van der Waals surface area contributed by atoms with Crippen LogP contribution in [0.5, 0.6) is 0 Å². The first kappa shape index (κ1) is 17.9. The van der Waals surface area contributed by atoms with Crippen molar-refractivity contribution in [1.82, 2.24) is 9.38 Å². The van der Waals surface area contributed by atoms with Gasteiger partial charge in [0.1, 0.15) is 5.65 Å². The van der Waals surface area contributed by atoms with Crippen LogP contribution in [-0.2, 0) is 13.0 Å². The van der Waals surface area contributed by atoms with Crippen LogP contribution in [0.1, 0.15) is 46.4 Å². The molecule has 0 saturated carbocycles. The molecular weight excluding hydrogens is 356 g/mol. The van der Waals surface area contributed by atoms with Gasteiger partial charge in [-0.1, -0.05) is 48.5 Å². The predicted molar refractivity (Wildman–Crippen MR) is 118 cm³/mol. The molecule has 2 aromatic carbocycles. The molecule has 144 valence electrons. The van der Waals surface area contributed by atoms with Gasteiger partial charge in [-0.25, -0.2) is 4.98 Å². The summed E-state index contributed by atoms with van der Waals surface area (Å²) in [6.07, 6.45) is 7.22. The highest BCUT2D eigenvalue weighted by atomic mass is 16.3. The van der Waals surface area contributed by atoms with Gasteiger partial charge in [-0.2, -0.15) is 0 Å². The van der Waals surface area contributed by atoms with Gasteiger partial charge in [0.2, 0.25) is 0 Å². The number of benzene rings is 2. The van der Waals surface area contributed by atoms with E-state index in [2.05, 4.69) is 72.6 Å². The summed E-state index contributed by atoms with van der Waals surface area (Å²) in [5.41, 5.74) is 10.8. The smallest absolute Gasteiger partial charge is 0.137 e. The first-order chi connectivity index (χ1) is 14.2. The van der Waals surface area contributed by atoms with Crippen molar-refractivity contribution in [3.63, 3.8) is 0 Å². The predicted octanol–water partition coefficient (Wildman–Crippen LogP) is 5.43. The summed E-state index contributed by atoms with van der Waals surface area (Å²) in [4.78, 5) is 4.57. The van der Waals surface area contributed by atoms with Gasteiger partial charge in [-0.05, 0) is 77.3 Å². The van der Waals surface area contributed by atoms with Gasteiger partial charge in [0.15, 0.2) is 0 Å². The normalized spacial score (nSPS) is 14.1. The van der Waals surface area contributed by atoms with E-state index in [1.54, 1.807) is 0 Å². The van der Waals surface area contributed by atoms with E-state index in [1.165, 1.54) is 39.0 Å². The molecule has 0 amide bonds. The minimum atomic E-state index is -0.0446. The van der Waals surface area contributed by atoms with Gasteiger partial charge < -0.3 is 9.51 Å². The number of hydrogen-bond donors (Lipinski definition) is 1. The number of aryl methyl sites for hydroxylation is 2. The Balaban J connectivity index is 1.81. The topological polar surface area (TPSA) is 37.5 Å². The zero-order valence-electron chi connectivity index (χ0n) is 16.6. The molecule has 0 radical (unpaired) electrons. The standard InChI is InChI=1S/C26H24N2O/c1-18-7-2-4-10-22(18)24-12-6-9-19-8-3-5-11-23(19)26(24)20-13-14-28-16-21(17-29)27-25(28)15-20/h2-5,7-8,10-11,13-16,29H,6,9,12,17H2,1H3. The second-order valence-corrected chi connectivity index (χ2v) is 7.75. The van der Waals surface area contributed by atoms with Crippen LogP contribution in [-0.4, -0.2) is 14.5 Å². The van der Waals surface area contributed by atoms with Crippen LogP contribution in [0, 0.1) is 6.92 Å². The Kier molecular flexibility index (Phi) is 4.53. The number of rotatable bonds is 3. The number of imidazole rings is 1. The molecule has 1 aliphatic carbocycles. The first-order valence-electron chi connectivity index (χ1n) is 10.2. The monoisotopic (exact) mass is 380 g/mol. The van der Waals surface area contributed by atoms with E-state index in [4.69, 9.17) is 0 Å². The lowest BCUT2D eigenvalue weighted by atomic mass is 9.87. The Hall–Kier alpha value is -3.17. The van der Waals surface area contributed by atoms with Gasteiger partial charge in [0, 0.05) is 12.4 Å². The molecule has 2 heterocycles. The average Bonchev–Trinajstić information content (AvgIpc) is 3.07. The Morgan fingerprint density at radius 3 is 2.59 bits per heavy atom. The number of nitrogens with zero attached hydrogens (tertiary/aromatic N) is 2. The summed E-state index contributed by atoms with van der Waals surface area (Å²) in [6.45, 7) is 2.15. The van der Waals surface area contributed by atoms with E-state index in [0.717, 1.165) is 24.9 Å². The Morgan fingerprint density at radius 1 is 0.966 bits per heavy atom. The molecule has 0 unspecified atom stereocenters. The summed E-state index contributed by atoms with van der Waals surface area (Å²) in [5.74, 6) is 0. The molecule has 0 atom stereocenters. The van der Waals surface area contributed by atoms with E-state index < -0.39 is 0 Å². The Bertz CT molecular complexity index is 1230. The fourth-order valence-electron chi connectivity index (χ4n) is 4.50. The van der Waals surface area contributed by atoms with Crippen molar-refractivity contribution in [1.29, 1.82) is 0 Å². The molecule has 0 aliphatic heterocycles. The first-order valence-corrected chi connectivity index (χ1v) is 10.2. The van der Waals surface area contributed by atoms with Crippen LogP contribution in [0.25, 0.3) is 16.8 Å². The SMILES string of the molecule is Cc1ccccc1C1=C(c2ccn3cc(CO)nc3c2)c2ccccc2CCC1. The van der Waals surface area contributed by atoms with E-state index in [9.17, 15) is 5.11 Å². The van der Waals surface area contributed by atoms with E-state index >= 15 is 0 Å². The third kappa shape index (κ3) is 3.18. The van der Waals surface area contributed by atoms with Crippen LogP contribution >= 0.6 is 0 Å². The molecule has 0 spiro atoms. The van der Waals surface area contributed by atoms with Crippen molar-refractivity contribution in [2.45, 2.75) is 32.8 Å². The highest BCUT2D eigenvalue weighted by molar-refractivity contribution is 6.00. The molecule has 5 rings (SSSR count). The van der Waals surface area contributed by atoms with Crippen molar-refractivity contribution < 1.29 is 5.11 Å². The van der Waals surface area contributed by atoms with E-state index in [-0.39, 0.29) is 6.61 Å². The summed E-state index contributed by atoms with van der Waals surface area (Å²) < 4.78 is 1.98. The lowest BCUT2D eigenvalue weighted by molar-refractivity contribution is 0.277. The molecule has 0 bridgehead atoms. The molecule has 4 aromatic rings. The highest BCUT2D eigenvalue weighted by Crippen LogP contribution is 2.40. The number of aliphatic hydroxyl groups excluding tert-OH is 1. The maximum atomic E-state index is 9.46. The molecule has 1 aliphatic rings. The zero-order valence-corrected chi connectivity index (χ0v) is 16.6. The maximum Gasteiger partial charge on any atom is 0.137 e. The van der Waals surface area contributed by atoms with Crippen molar-refractivity contribution in [2.24, 2.45) is 0 Å². The summed E-state index contributed by atoms with van der Waals surface area (Å²) >= 11 is 0. The third-order valence-electron chi connectivity index (χ3n) is 5.89. The Morgan fingerprint density at radius 2 is 1.76 bits per heavy atom. The average molecular weight is 380 g/mol. The van der Waals surface area contributed by atoms with Gasteiger partial charge in [0.05, 0.1) is 12.3 Å². The van der Waals surface area contributed by atoms with Crippen LogP contribution in [0.2, 0.25) is 0 Å². The number of allylic oxidation sites excluding steroid dienone is 1. The second-order valence-electron chi connectivity index (χ2n) is 7.75. The minimum absolute atomic E-state index is 0.0446. The number of aromatic nitrogens is 2. The minimum Gasteiger partial charge on any atom is -0.390 e. The van der Waals surface area contributed by atoms with E-state index in [0.29, 0.717) is 5.69 Å². The number of pyridine rings is 1. The van der Waals surface area contributed by atoms with Crippen LogP contribution in [0.3, 0.4) is 0 Å². The fraction of sp³-hybridized carbons (Fsp3) is 0.192. The molecule has 3 heteroatoms. The lowest BCUT2D eigenvalue weighted by Gasteiger charge is -2.18. The largest absolute Gasteiger partial charge is 0.390 e. The highest BCUT2D eigenvalue weighted by Gasteiger charge is 2.21. The van der Waals surface area contributed by atoms with Crippen molar-refractivity contribution in [2.75, 3.05) is 0 Å². The summed E-state index contributed by atoms with van der Waals surface area (Å²) in [6, 6.07) is 21.8. The van der Waals surface area contributed by atoms with E-state index in [1.807, 2.05) is 16.8 Å². The second kappa shape index (κ2) is 7.34. The van der Waals surface area contributed by atoms with Crippen LogP contribution in [0.4, 0.5) is 0 Å². The molecular formula is C26H24N2O. The molecule has 0 fully saturated rings. The molecule has 29 heavy (non-hydrogen) atoms. The quantitative estimate of drug-likeness (QED) is 0.514. The third-order valence-corrected chi connectivity index (χ3v) is 5.89. The number of hydrogen-bond acceptors (Lipinski definition) is 2. The van der Waals surface area contributed by atoms with Gasteiger partial charge >= 0.3 is 0 Å². The molecule has 1 N–H and O–H groups in total. The summed E-state index contributed by atoms with van der Waals surface area (Å²) in [5, 5.41) is 9.46. The van der Waals surface area contributed by atoms with Crippen molar-refractivity contribution in [3.8, 4) is 0 Å². The molecule has 3 nitrogen and oxygen atoms in total. The number of aliphatic hydroxyl groups is 1. The van der Waals surface area contributed by atoms with Crippen molar-refractivity contribution in [3.05, 3.63) is 107 Å². The van der Waals surface area contributed by atoms with Crippen LogP contribution in [0.15, 0.2) is 73.1 Å². The van der Waals surface area contributed by atoms with Crippen LogP contribution < -0.4 is 0 Å². The summed E-state index contributed by atoms with van der Waals surface area (Å²) in [7, 11) is 0. The Labute approximate surface area is 171 Å². The van der Waals surface area contributed by atoms with Gasteiger partial charge in [0.25, 0.3) is 0 Å². The van der Waals surface area contributed by atoms with Gasteiger partial charge in [-0.15, -0.1) is 0 Å². The molecule has 2 aromatic heterocycles. The fourth-order valence-corrected chi connectivity index (χ4v) is 4.50. The zero-order chi connectivity index (χ0) is 19.8. The lowest BCUT2D eigenvalue weighted by Crippen LogP contribution is -1.98. The maximum absolute atomic E-state index is 9.46. The van der Waals surface area contributed by atoms with Crippen molar-refractivity contribution >= 4 is 16.8 Å². The number of fused-ring (bicyclic) bond motifs is 2.